The normalized spacial score (nSPS) is 11.8. The summed E-state index contributed by atoms with van der Waals surface area (Å²) in [5.41, 5.74) is 8.96. The smallest absolute Gasteiger partial charge is 0.382 e. The first-order valence-corrected chi connectivity index (χ1v) is 11.1. The number of hydrogen-bond donors (Lipinski definition) is 4. The zero-order valence-electron chi connectivity index (χ0n) is 20.0. The minimum Gasteiger partial charge on any atom is -0.382 e. The Morgan fingerprint density at radius 3 is 1.43 bits per heavy atom. The Balaban J connectivity index is 1.35. The highest BCUT2D eigenvalue weighted by molar-refractivity contribution is 5.97. The van der Waals surface area contributed by atoms with Gasteiger partial charge in [0.05, 0.1) is 22.5 Å². The number of carbonyl (C=O) groups is 2. The van der Waals surface area contributed by atoms with Crippen molar-refractivity contribution in [3.63, 3.8) is 0 Å². The van der Waals surface area contributed by atoms with Crippen LogP contribution < -0.4 is 22.1 Å². The molecule has 12 nitrogen and oxygen atoms in total. The number of amides is 2. The Bertz CT molecular complexity index is 1440. The van der Waals surface area contributed by atoms with Gasteiger partial charge in [-0.15, -0.1) is 10.2 Å². The number of rotatable bonds is 7. The van der Waals surface area contributed by atoms with E-state index in [-0.39, 0.29) is 47.5 Å². The van der Waals surface area contributed by atoms with Crippen molar-refractivity contribution in [1.29, 1.82) is 0 Å². The molecule has 0 unspecified atom stereocenters. The third kappa shape index (κ3) is 5.79. The number of halogens is 6. The first-order valence-electron chi connectivity index (χ1n) is 11.1. The van der Waals surface area contributed by atoms with Gasteiger partial charge in [-0.25, -0.2) is 0 Å². The van der Waals surface area contributed by atoms with Gasteiger partial charge in [-0.05, 0) is 36.4 Å². The molecule has 0 saturated carbocycles. The second-order valence-electron chi connectivity index (χ2n) is 8.08. The van der Waals surface area contributed by atoms with Crippen LogP contribution >= 0.6 is 0 Å². The third-order valence-corrected chi connectivity index (χ3v) is 5.37. The van der Waals surface area contributed by atoms with Crippen molar-refractivity contribution in [2.75, 3.05) is 24.6 Å². The lowest BCUT2D eigenvalue weighted by Gasteiger charge is -2.09. The maximum Gasteiger partial charge on any atom is 0.416 e. The summed E-state index contributed by atoms with van der Waals surface area (Å²) in [6.07, 6.45) is -9.21. The number of carbonyl (C=O) groups excluding carboxylic acids is 2. The lowest BCUT2D eigenvalue weighted by molar-refractivity contribution is -0.138. The van der Waals surface area contributed by atoms with Crippen molar-refractivity contribution in [3.8, 4) is 11.4 Å². The van der Waals surface area contributed by atoms with Crippen LogP contribution in [0.1, 0.15) is 32.1 Å². The molecule has 6 N–H and O–H groups in total. The van der Waals surface area contributed by atoms with Gasteiger partial charge < -0.3 is 22.1 Å². The lowest BCUT2D eigenvalue weighted by Crippen LogP contribution is -2.35. The molecule has 0 fully saturated rings. The van der Waals surface area contributed by atoms with Crippen molar-refractivity contribution < 1.29 is 35.9 Å². The Morgan fingerprint density at radius 2 is 1.07 bits per heavy atom. The van der Waals surface area contributed by atoms with Crippen LogP contribution in [0.5, 0.6) is 0 Å². The predicted molar refractivity (Wildman–Crippen MR) is 126 cm³/mol. The summed E-state index contributed by atoms with van der Waals surface area (Å²) in [7, 11) is 0. The topological polar surface area (TPSA) is 172 Å². The molecule has 0 radical (unpaired) electrons. The van der Waals surface area contributed by atoms with E-state index in [4.69, 9.17) is 11.5 Å². The number of alkyl halides is 6. The number of benzene rings is 2. The van der Waals surface area contributed by atoms with Crippen LogP contribution in [0.25, 0.3) is 11.4 Å². The monoisotopic (exact) mass is 568 g/mol. The van der Waals surface area contributed by atoms with Gasteiger partial charge in [0.15, 0.2) is 23.0 Å². The van der Waals surface area contributed by atoms with Crippen LogP contribution in [0.4, 0.5) is 38.0 Å². The summed E-state index contributed by atoms with van der Waals surface area (Å²) in [4.78, 5) is 24.9. The van der Waals surface area contributed by atoms with Crippen LogP contribution in [0, 0.1) is 0 Å². The van der Waals surface area contributed by atoms with Gasteiger partial charge in [-0.1, -0.05) is 22.6 Å². The van der Waals surface area contributed by atoms with Gasteiger partial charge in [0, 0.05) is 13.1 Å². The summed E-state index contributed by atoms with van der Waals surface area (Å²) in [5, 5.41) is 19.3. The molecule has 0 saturated heterocycles. The number of aromatic nitrogens is 6. The third-order valence-electron chi connectivity index (χ3n) is 5.37. The largest absolute Gasteiger partial charge is 0.416 e. The van der Waals surface area contributed by atoms with Crippen molar-refractivity contribution in [2.24, 2.45) is 0 Å². The molecular formula is C22H18F6N10O2. The molecule has 210 valence electrons. The average Bonchev–Trinajstić information content (AvgIpc) is 3.48. The van der Waals surface area contributed by atoms with Crippen LogP contribution in [0.2, 0.25) is 0 Å². The number of nitrogens with two attached hydrogens (primary N) is 2. The summed E-state index contributed by atoms with van der Waals surface area (Å²) in [5.74, 6) is -2.28. The Hall–Kier alpha value is -5.16. The van der Waals surface area contributed by atoms with Gasteiger partial charge in [-0.3, -0.25) is 9.59 Å². The summed E-state index contributed by atoms with van der Waals surface area (Å²) in [6.45, 7) is -0.301. The standard InChI is InChI=1S/C22H18F6N10O2/c23-21(24,25)11-3-1-5-13(9-11)37-17(29)15(33-35-37)19(39)31-7-8-32-20(40)16-18(30)38(36-34-16)14-6-2-4-12(10-14)22(26,27)28/h1-6,9-10H,7-8,29-30H2,(H,31,39)(H,32,40). The molecule has 4 rings (SSSR count). The molecule has 0 bridgehead atoms. The Morgan fingerprint density at radius 1 is 0.700 bits per heavy atom. The number of nitrogen functional groups attached to an aromatic ring is 2. The molecule has 4 aromatic rings. The molecule has 40 heavy (non-hydrogen) atoms. The van der Waals surface area contributed by atoms with E-state index in [0.717, 1.165) is 45.8 Å². The fourth-order valence-corrected chi connectivity index (χ4v) is 3.43. The van der Waals surface area contributed by atoms with Crippen molar-refractivity contribution >= 4 is 23.5 Å². The molecule has 2 aromatic carbocycles. The Labute approximate surface area is 219 Å². The van der Waals surface area contributed by atoms with Crippen molar-refractivity contribution in [2.45, 2.75) is 12.4 Å². The second kappa shape index (κ2) is 10.5. The molecule has 2 heterocycles. The zero-order valence-corrected chi connectivity index (χ0v) is 20.0. The van der Waals surface area contributed by atoms with Crippen LogP contribution in [0.3, 0.4) is 0 Å². The summed E-state index contributed by atoms with van der Waals surface area (Å²) >= 11 is 0. The van der Waals surface area contributed by atoms with E-state index in [1.807, 2.05) is 0 Å². The summed E-state index contributed by atoms with van der Waals surface area (Å²) < 4.78 is 79.6. The fourth-order valence-electron chi connectivity index (χ4n) is 3.43. The van der Waals surface area contributed by atoms with Crippen molar-refractivity contribution in [1.82, 2.24) is 40.6 Å². The minimum atomic E-state index is -4.60. The molecule has 2 aromatic heterocycles. The molecule has 0 aliphatic heterocycles. The van der Waals surface area contributed by atoms with E-state index in [1.54, 1.807) is 0 Å². The van der Waals surface area contributed by atoms with Crippen LogP contribution in [-0.4, -0.2) is 54.9 Å². The highest BCUT2D eigenvalue weighted by atomic mass is 19.4. The van der Waals surface area contributed by atoms with E-state index in [9.17, 15) is 35.9 Å². The number of nitrogens with zero attached hydrogens (tertiary/aromatic N) is 6. The average molecular weight is 568 g/mol. The molecule has 0 aliphatic carbocycles. The van der Waals surface area contributed by atoms with Crippen molar-refractivity contribution in [3.05, 3.63) is 71.0 Å². The SMILES string of the molecule is Nc1c(C(=O)NCCNC(=O)c2nnn(-c3cccc(C(F)(F)F)c3)c2N)nnn1-c1cccc(C(F)(F)F)c1. The fraction of sp³-hybridized carbons (Fsp3) is 0.182. The van der Waals surface area contributed by atoms with Gasteiger partial charge in [-0.2, -0.15) is 35.7 Å². The first kappa shape index (κ1) is 27.9. The molecule has 0 spiro atoms. The van der Waals surface area contributed by atoms with Gasteiger partial charge in [0.2, 0.25) is 0 Å². The molecular weight excluding hydrogens is 550 g/mol. The van der Waals surface area contributed by atoms with Crippen LogP contribution in [0.15, 0.2) is 48.5 Å². The predicted octanol–water partition coefficient (Wildman–Crippen LogP) is 2.21. The van der Waals surface area contributed by atoms with E-state index in [0.29, 0.717) is 0 Å². The number of nitrogens with one attached hydrogen (secondary N) is 2. The van der Waals surface area contributed by atoms with E-state index < -0.39 is 35.3 Å². The number of hydrogen-bond acceptors (Lipinski definition) is 8. The molecule has 0 atom stereocenters. The van der Waals surface area contributed by atoms with Crippen LogP contribution in [-0.2, 0) is 12.4 Å². The molecule has 0 aliphatic rings. The maximum atomic E-state index is 13.0. The minimum absolute atomic E-state index is 0.0677. The van der Waals surface area contributed by atoms with E-state index >= 15 is 0 Å². The highest BCUT2D eigenvalue weighted by Gasteiger charge is 2.32. The molecule has 2 amide bonds. The first-order chi connectivity index (χ1) is 18.8. The lowest BCUT2D eigenvalue weighted by atomic mass is 10.2. The zero-order chi connectivity index (χ0) is 29.2. The number of anilines is 2. The summed E-state index contributed by atoms with van der Waals surface area (Å²) in [6, 6.07) is 8.18. The quantitative estimate of drug-likeness (QED) is 0.194. The van der Waals surface area contributed by atoms with Gasteiger partial charge in [0.25, 0.3) is 11.8 Å². The highest BCUT2D eigenvalue weighted by Crippen LogP contribution is 2.31. The van der Waals surface area contributed by atoms with E-state index in [1.165, 1.54) is 12.1 Å². The molecule has 18 heteroatoms. The van der Waals surface area contributed by atoms with Gasteiger partial charge in [0.1, 0.15) is 0 Å². The van der Waals surface area contributed by atoms with E-state index in [2.05, 4.69) is 31.3 Å². The second-order valence-corrected chi connectivity index (χ2v) is 8.08. The van der Waals surface area contributed by atoms with Gasteiger partial charge >= 0.3 is 12.4 Å². The Kier molecular flexibility index (Phi) is 7.34. The maximum absolute atomic E-state index is 13.0.